The molecule has 0 saturated carbocycles. The van der Waals surface area contributed by atoms with Crippen LogP contribution in [0.25, 0.3) is 10.9 Å². The summed E-state index contributed by atoms with van der Waals surface area (Å²) >= 11 is 0. The van der Waals surface area contributed by atoms with Crippen molar-refractivity contribution in [1.82, 2.24) is 4.57 Å². The number of carbonyl (C=O) groups excluding carboxylic acids is 1. The number of Topliss-reactive ketones (excluding diaryl/α,β-unsaturated/α-hetero) is 1. The number of fused-ring (bicyclic) bond motifs is 3. The molecule has 0 bridgehead atoms. The van der Waals surface area contributed by atoms with Gasteiger partial charge in [-0.2, -0.15) is 0 Å². The number of ether oxygens (including phenoxy) is 1. The normalized spacial score (nSPS) is 14.0. The highest BCUT2D eigenvalue weighted by atomic mass is 16.5. The van der Waals surface area contributed by atoms with Gasteiger partial charge in [-0.15, -0.1) is 0 Å². The zero-order valence-electron chi connectivity index (χ0n) is 13.2. The van der Waals surface area contributed by atoms with Crippen LogP contribution in [0, 0.1) is 0 Å². The second kappa shape index (κ2) is 5.58. The third-order valence-electron chi connectivity index (χ3n) is 4.66. The van der Waals surface area contributed by atoms with Crippen molar-refractivity contribution >= 4 is 16.7 Å². The fourth-order valence-corrected chi connectivity index (χ4v) is 3.57. The molecule has 0 aliphatic heterocycles. The largest absolute Gasteiger partial charge is 0.497 e. The van der Waals surface area contributed by atoms with E-state index in [9.17, 15) is 4.79 Å². The van der Waals surface area contributed by atoms with Gasteiger partial charge in [-0.1, -0.05) is 30.3 Å². The van der Waals surface area contributed by atoms with Crippen molar-refractivity contribution < 1.29 is 9.53 Å². The number of hydrogen-bond acceptors (Lipinski definition) is 2. The molecule has 0 N–H and O–H groups in total. The molecule has 0 fully saturated rings. The summed E-state index contributed by atoms with van der Waals surface area (Å²) in [4.78, 5) is 12.5. The molecule has 1 heterocycles. The fourth-order valence-electron chi connectivity index (χ4n) is 3.57. The Kier molecular flexibility index (Phi) is 3.41. The van der Waals surface area contributed by atoms with E-state index in [2.05, 4.69) is 28.8 Å². The first kappa shape index (κ1) is 14.1. The van der Waals surface area contributed by atoms with Crippen molar-refractivity contribution in [1.29, 1.82) is 0 Å². The second-order valence-corrected chi connectivity index (χ2v) is 6.05. The smallest absolute Gasteiger partial charge is 0.165 e. The lowest BCUT2D eigenvalue weighted by molar-refractivity contribution is 0.0973. The minimum atomic E-state index is 0.272. The standard InChI is InChI=1S/C20H19NO2/c1-23-15-10-11-16-18(12-15)21(13-14-6-3-2-4-7-14)17-8-5-9-19(22)20(16)17/h2-4,6-7,10-12H,5,8-9,13H2,1H3. The van der Waals surface area contributed by atoms with Gasteiger partial charge < -0.3 is 9.30 Å². The van der Waals surface area contributed by atoms with Crippen LogP contribution in [0.2, 0.25) is 0 Å². The van der Waals surface area contributed by atoms with Crippen LogP contribution in [0.4, 0.5) is 0 Å². The Morgan fingerprint density at radius 3 is 2.70 bits per heavy atom. The van der Waals surface area contributed by atoms with Gasteiger partial charge in [-0.05, 0) is 30.5 Å². The Morgan fingerprint density at radius 1 is 1.09 bits per heavy atom. The molecular formula is C20H19NO2. The lowest BCUT2D eigenvalue weighted by Crippen LogP contribution is -2.13. The number of hydrogen-bond donors (Lipinski definition) is 0. The molecule has 0 amide bonds. The fraction of sp³-hybridized carbons (Fsp3) is 0.250. The topological polar surface area (TPSA) is 31.2 Å². The Labute approximate surface area is 135 Å². The van der Waals surface area contributed by atoms with E-state index >= 15 is 0 Å². The number of nitrogens with zero attached hydrogens (tertiary/aromatic N) is 1. The van der Waals surface area contributed by atoms with Crippen LogP contribution in [0.5, 0.6) is 5.75 Å². The molecular weight excluding hydrogens is 286 g/mol. The second-order valence-electron chi connectivity index (χ2n) is 6.05. The van der Waals surface area contributed by atoms with Crippen molar-refractivity contribution in [3.63, 3.8) is 0 Å². The van der Waals surface area contributed by atoms with Crippen molar-refractivity contribution in [3.05, 3.63) is 65.4 Å². The van der Waals surface area contributed by atoms with Crippen molar-refractivity contribution in [2.24, 2.45) is 0 Å². The van der Waals surface area contributed by atoms with Gasteiger partial charge in [0, 0.05) is 35.7 Å². The van der Waals surface area contributed by atoms with E-state index in [0.29, 0.717) is 6.42 Å². The summed E-state index contributed by atoms with van der Waals surface area (Å²) in [6.07, 6.45) is 2.56. The zero-order valence-corrected chi connectivity index (χ0v) is 13.2. The highest BCUT2D eigenvalue weighted by molar-refractivity contribution is 6.10. The molecule has 2 aromatic carbocycles. The van der Waals surface area contributed by atoms with Gasteiger partial charge in [-0.3, -0.25) is 4.79 Å². The number of methoxy groups -OCH3 is 1. The van der Waals surface area contributed by atoms with E-state index in [1.165, 1.54) is 11.3 Å². The summed E-state index contributed by atoms with van der Waals surface area (Å²) in [7, 11) is 1.68. The predicted molar refractivity (Wildman–Crippen MR) is 91.3 cm³/mol. The van der Waals surface area contributed by atoms with Crippen LogP contribution < -0.4 is 4.74 Å². The van der Waals surface area contributed by atoms with Gasteiger partial charge in [0.2, 0.25) is 0 Å². The van der Waals surface area contributed by atoms with Gasteiger partial charge >= 0.3 is 0 Å². The third-order valence-corrected chi connectivity index (χ3v) is 4.66. The van der Waals surface area contributed by atoms with E-state index in [0.717, 1.165) is 41.6 Å². The molecule has 0 unspecified atom stereocenters. The maximum Gasteiger partial charge on any atom is 0.165 e. The van der Waals surface area contributed by atoms with Crippen LogP contribution >= 0.6 is 0 Å². The quantitative estimate of drug-likeness (QED) is 0.725. The van der Waals surface area contributed by atoms with Crippen LogP contribution in [0.3, 0.4) is 0 Å². The summed E-state index contributed by atoms with van der Waals surface area (Å²) in [6, 6.07) is 16.4. The van der Waals surface area contributed by atoms with E-state index < -0.39 is 0 Å². The summed E-state index contributed by atoms with van der Waals surface area (Å²) in [5.41, 5.74) is 4.43. The first-order valence-corrected chi connectivity index (χ1v) is 8.04. The van der Waals surface area contributed by atoms with Crippen LogP contribution in [-0.4, -0.2) is 17.5 Å². The van der Waals surface area contributed by atoms with E-state index in [1.54, 1.807) is 7.11 Å². The van der Waals surface area contributed by atoms with Crippen LogP contribution in [-0.2, 0) is 13.0 Å². The SMILES string of the molecule is COc1ccc2c3c(n(Cc4ccccc4)c2c1)CCCC3=O. The Hall–Kier alpha value is -2.55. The first-order chi connectivity index (χ1) is 11.3. The molecule has 3 aromatic rings. The molecule has 4 rings (SSSR count). The van der Waals surface area contributed by atoms with Crippen molar-refractivity contribution in [2.45, 2.75) is 25.8 Å². The zero-order chi connectivity index (χ0) is 15.8. The Bertz CT molecular complexity index is 878. The van der Waals surface area contributed by atoms with Gasteiger partial charge in [0.15, 0.2) is 5.78 Å². The first-order valence-electron chi connectivity index (χ1n) is 8.04. The third kappa shape index (κ3) is 2.33. The Morgan fingerprint density at radius 2 is 1.91 bits per heavy atom. The number of rotatable bonds is 3. The van der Waals surface area contributed by atoms with Gasteiger partial charge in [0.05, 0.1) is 12.6 Å². The highest BCUT2D eigenvalue weighted by Gasteiger charge is 2.25. The average molecular weight is 305 g/mol. The average Bonchev–Trinajstić information content (AvgIpc) is 2.90. The lowest BCUT2D eigenvalue weighted by Gasteiger charge is -2.15. The summed E-state index contributed by atoms with van der Waals surface area (Å²) in [5, 5.41) is 1.06. The minimum Gasteiger partial charge on any atom is -0.497 e. The van der Waals surface area contributed by atoms with Crippen molar-refractivity contribution in [2.75, 3.05) is 7.11 Å². The van der Waals surface area contributed by atoms with E-state index in [4.69, 9.17) is 4.74 Å². The molecule has 0 radical (unpaired) electrons. The number of carbonyl (C=O) groups is 1. The van der Waals surface area contributed by atoms with E-state index in [1.807, 2.05) is 24.3 Å². The predicted octanol–water partition coefficient (Wildman–Crippen LogP) is 4.22. The molecule has 1 aliphatic carbocycles. The molecule has 1 aromatic heterocycles. The van der Waals surface area contributed by atoms with Crippen LogP contribution in [0.1, 0.15) is 34.5 Å². The van der Waals surface area contributed by atoms with Gasteiger partial charge in [0.1, 0.15) is 5.75 Å². The summed E-state index contributed by atoms with van der Waals surface area (Å²) in [6.45, 7) is 0.785. The summed E-state index contributed by atoms with van der Waals surface area (Å²) in [5.74, 6) is 1.10. The van der Waals surface area contributed by atoms with Crippen LogP contribution in [0.15, 0.2) is 48.5 Å². The molecule has 23 heavy (non-hydrogen) atoms. The molecule has 0 spiro atoms. The molecule has 1 aliphatic rings. The molecule has 3 heteroatoms. The maximum atomic E-state index is 12.5. The number of aromatic nitrogens is 1. The number of benzene rings is 2. The highest BCUT2D eigenvalue weighted by Crippen LogP contribution is 2.34. The van der Waals surface area contributed by atoms with Crippen molar-refractivity contribution in [3.8, 4) is 5.75 Å². The van der Waals surface area contributed by atoms with Gasteiger partial charge in [-0.25, -0.2) is 0 Å². The number of ketones is 1. The lowest BCUT2D eigenvalue weighted by atomic mass is 9.94. The molecule has 116 valence electrons. The monoisotopic (exact) mass is 305 g/mol. The minimum absolute atomic E-state index is 0.272. The molecule has 0 saturated heterocycles. The van der Waals surface area contributed by atoms with Gasteiger partial charge in [0.25, 0.3) is 0 Å². The summed E-state index contributed by atoms with van der Waals surface area (Å²) < 4.78 is 7.68. The Balaban J connectivity index is 1.95. The maximum absolute atomic E-state index is 12.5. The molecule has 0 atom stereocenters. The van der Waals surface area contributed by atoms with E-state index in [-0.39, 0.29) is 5.78 Å². The molecule has 3 nitrogen and oxygen atoms in total.